The maximum Gasteiger partial charge on any atom is 0.115 e. The summed E-state index contributed by atoms with van der Waals surface area (Å²) in [5.41, 5.74) is 0. The largest absolute Gasteiger partial charge is 0.387 e. The maximum absolute atomic E-state index is 10.8. The lowest BCUT2D eigenvalue weighted by molar-refractivity contribution is -0.266. The van der Waals surface area contributed by atoms with Gasteiger partial charge in [-0.2, -0.15) is 0 Å². The van der Waals surface area contributed by atoms with Gasteiger partial charge in [0.15, 0.2) is 0 Å². The minimum Gasteiger partial charge on any atom is -0.387 e. The van der Waals surface area contributed by atoms with Gasteiger partial charge in [0.2, 0.25) is 0 Å². The summed E-state index contributed by atoms with van der Waals surface area (Å²) in [6.45, 7) is 10.6. The Morgan fingerprint density at radius 1 is 0.464 bits per heavy atom. The summed E-state index contributed by atoms with van der Waals surface area (Å²) in [5.74, 6) is 0. The molecule has 0 unspecified atom stereocenters. The van der Waals surface area contributed by atoms with Crippen molar-refractivity contribution in [3.8, 4) is 0 Å². The van der Waals surface area contributed by atoms with Crippen LogP contribution in [0.2, 0.25) is 0 Å². The molecular formula is C22H44O6. The normalized spacial score (nSPS) is 30.6. The third-order valence-electron chi connectivity index (χ3n) is 5.23. The molecule has 0 radical (unpaired) electrons. The molecule has 0 aliphatic heterocycles. The minimum absolute atomic E-state index is 0.453. The van der Waals surface area contributed by atoms with E-state index in [4.69, 9.17) is 18.9 Å². The zero-order valence-electron chi connectivity index (χ0n) is 18.5. The summed E-state index contributed by atoms with van der Waals surface area (Å²) < 4.78 is 24.3. The van der Waals surface area contributed by atoms with Crippen LogP contribution >= 0.6 is 0 Å². The fraction of sp³-hybridized carbons (Fsp3) is 1.00. The second-order valence-electron chi connectivity index (χ2n) is 7.74. The zero-order chi connectivity index (χ0) is 20.8. The molecule has 0 bridgehead atoms. The summed E-state index contributed by atoms with van der Waals surface area (Å²) in [4.78, 5) is 0. The van der Waals surface area contributed by atoms with Gasteiger partial charge in [0, 0.05) is 26.4 Å². The summed E-state index contributed by atoms with van der Waals surface area (Å²) in [7, 11) is 0. The van der Waals surface area contributed by atoms with E-state index in [0.29, 0.717) is 26.4 Å². The van der Waals surface area contributed by atoms with Gasteiger partial charge in [-0.25, -0.2) is 0 Å². The fourth-order valence-corrected chi connectivity index (χ4v) is 3.37. The molecule has 1 rings (SSSR count). The molecule has 0 amide bonds. The summed E-state index contributed by atoms with van der Waals surface area (Å²) in [5, 5.41) is 21.6. The van der Waals surface area contributed by atoms with E-state index in [1.54, 1.807) is 0 Å². The Labute approximate surface area is 171 Å². The summed E-state index contributed by atoms with van der Waals surface area (Å²) in [6, 6.07) is 0. The smallest absolute Gasteiger partial charge is 0.115 e. The van der Waals surface area contributed by atoms with Crippen molar-refractivity contribution >= 4 is 0 Å². The molecule has 0 heterocycles. The van der Waals surface area contributed by atoms with Gasteiger partial charge in [-0.15, -0.1) is 0 Å². The van der Waals surface area contributed by atoms with Crippen molar-refractivity contribution in [2.24, 2.45) is 0 Å². The molecule has 1 saturated carbocycles. The van der Waals surface area contributed by atoms with E-state index in [1.807, 2.05) is 0 Å². The first-order chi connectivity index (χ1) is 13.6. The van der Waals surface area contributed by atoms with Crippen molar-refractivity contribution in [2.75, 3.05) is 26.4 Å². The summed E-state index contributed by atoms with van der Waals surface area (Å²) >= 11 is 0. The number of hydrogen-bond acceptors (Lipinski definition) is 6. The first-order valence-electron chi connectivity index (χ1n) is 11.4. The standard InChI is InChI=1S/C22H44O6/c1-5-9-13-25-19-17(23)18(24)20(26-14-10-6-2)22(28-16-12-8-4)21(19)27-15-11-7-3/h17-24H,5-16H2,1-4H3/t17-,18+,19-,20-,21+,22+/m1/s1. The second-order valence-corrected chi connectivity index (χ2v) is 7.74. The number of hydrogen-bond donors (Lipinski definition) is 2. The lowest BCUT2D eigenvalue weighted by Gasteiger charge is -2.47. The predicted octanol–water partition coefficient (Wildman–Crippen LogP) is 3.46. The zero-order valence-corrected chi connectivity index (χ0v) is 18.5. The number of aliphatic hydroxyl groups is 2. The van der Waals surface area contributed by atoms with Gasteiger partial charge in [0.25, 0.3) is 0 Å². The van der Waals surface area contributed by atoms with Crippen molar-refractivity contribution < 1.29 is 29.2 Å². The lowest BCUT2D eigenvalue weighted by atomic mass is 9.84. The molecule has 0 aromatic carbocycles. The molecule has 1 fully saturated rings. The van der Waals surface area contributed by atoms with Crippen LogP contribution in [0.5, 0.6) is 0 Å². The van der Waals surface area contributed by atoms with Gasteiger partial charge in [0.1, 0.15) is 36.6 Å². The van der Waals surface area contributed by atoms with E-state index in [2.05, 4.69) is 27.7 Å². The van der Waals surface area contributed by atoms with Crippen LogP contribution in [0, 0.1) is 0 Å². The Kier molecular flexibility index (Phi) is 14.4. The lowest BCUT2D eigenvalue weighted by Crippen LogP contribution is -2.66. The van der Waals surface area contributed by atoms with E-state index in [9.17, 15) is 10.2 Å². The molecule has 2 N–H and O–H groups in total. The van der Waals surface area contributed by atoms with Gasteiger partial charge in [0.05, 0.1) is 0 Å². The van der Waals surface area contributed by atoms with Crippen LogP contribution < -0.4 is 0 Å². The highest BCUT2D eigenvalue weighted by molar-refractivity contribution is 5.02. The van der Waals surface area contributed by atoms with Gasteiger partial charge >= 0.3 is 0 Å². The molecule has 6 nitrogen and oxygen atoms in total. The van der Waals surface area contributed by atoms with Gasteiger partial charge in [-0.3, -0.25) is 0 Å². The van der Waals surface area contributed by atoms with Crippen LogP contribution in [0.1, 0.15) is 79.1 Å². The van der Waals surface area contributed by atoms with Crippen LogP contribution in [0.3, 0.4) is 0 Å². The van der Waals surface area contributed by atoms with E-state index in [0.717, 1.165) is 51.4 Å². The van der Waals surface area contributed by atoms with Crippen LogP contribution in [-0.2, 0) is 18.9 Å². The number of rotatable bonds is 16. The monoisotopic (exact) mass is 404 g/mol. The Hall–Kier alpha value is -0.240. The molecule has 0 aromatic rings. The van der Waals surface area contributed by atoms with Gasteiger partial charge in [-0.05, 0) is 25.7 Å². The molecule has 1 aliphatic rings. The third kappa shape index (κ3) is 8.25. The highest BCUT2D eigenvalue weighted by atomic mass is 16.6. The average molecular weight is 405 g/mol. The second kappa shape index (κ2) is 15.6. The quantitative estimate of drug-likeness (QED) is 0.384. The number of unbranched alkanes of at least 4 members (excludes halogenated alkanes) is 4. The Bertz CT molecular complexity index is 333. The van der Waals surface area contributed by atoms with Crippen molar-refractivity contribution in [3.63, 3.8) is 0 Å². The SMILES string of the molecule is CCCCO[C@@H]1[C@@H](OCCCC)[C@H](OCCCC)[C@@H](O)[C@@H](O)[C@H]1OCCCC. The molecule has 1 aliphatic carbocycles. The first kappa shape index (κ1) is 25.8. The Morgan fingerprint density at radius 3 is 0.964 bits per heavy atom. The number of ether oxygens (including phenoxy) is 4. The first-order valence-corrected chi connectivity index (χ1v) is 11.4. The topological polar surface area (TPSA) is 77.4 Å². The molecule has 168 valence electrons. The van der Waals surface area contributed by atoms with Gasteiger partial charge < -0.3 is 29.2 Å². The third-order valence-corrected chi connectivity index (χ3v) is 5.23. The summed E-state index contributed by atoms with van der Waals surface area (Å²) in [6.07, 6.45) is 3.48. The van der Waals surface area contributed by atoms with Crippen LogP contribution in [0.4, 0.5) is 0 Å². The number of aliphatic hydroxyl groups excluding tert-OH is 2. The molecule has 28 heavy (non-hydrogen) atoms. The van der Waals surface area contributed by atoms with Crippen molar-refractivity contribution in [1.82, 2.24) is 0 Å². The van der Waals surface area contributed by atoms with Crippen molar-refractivity contribution in [3.05, 3.63) is 0 Å². The van der Waals surface area contributed by atoms with E-state index in [-0.39, 0.29) is 0 Å². The van der Waals surface area contributed by atoms with Crippen LogP contribution in [-0.4, -0.2) is 73.3 Å². The minimum atomic E-state index is -1.05. The molecule has 0 saturated heterocycles. The van der Waals surface area contributed by atoms with Crippen LogP contribution in [0.15, 0.2) is 0 Å². The van der Waals surface area contributed by atoms with Crippen molar-refractivity contribution in [2.45, 2.75) is 116 Å². The van der Waals surface area contributed by atoms with Gasteiger partial charge in [-0.1, -0.05) is 53.4 Å². The molecule has 0 spiro atoms. The predicted molar refractivity (Wildman–Crippen MR) is 111 cm³/mol. The molecule has 0 aromatic heterocycles. The van der Waals surface area contributed by atoms with E-state index in [1.165, 1.54) is 0 Å². The maximum atomic E-state index is 10.8. The molecule has 6 atom stereocenters. The molecule has 6 heteroatoms. The van der Waals surface area contributed by atoms with Crippen molar-refractivity contribution in [1.29, 1.82) is 0 Å². The van der Waals surface area contributed by atoms with Crippen LogP contribution in [0.25, 0.3) is 0 Å². The van der Waals surface area contributed by atoms with E-state index >= 15 is 0 Å². The Morgan fingerprint density at radius 2 is 0.714 bits per heavy atom. The molecular weight excluding hydrogens is 360 g/mol. The van der Waals surface area contributed by atoms with E-state index < -0.39 is 36.6 Å². The fourth-order valence-electron chi connectivity index (χ4n) is 3.37. The highest BCUT2D eigenvalue weighted by Gasteiger charge is 2.52. The Balaban J connectivity index is 2.98. The average Bonchev–Trinajstić information content (AvgIpc) is 2.69. The highest BCUT2D eigenvalue weighted by Crippen LogP contribution is 2.31.